The zero-order chi connectivity index (χ0) is 26.2. The van der Waals surface area contributed by atoms with Gasteiger partial charge >= 0.3 is 12.5 Å². The predicted octanol–water partition coefficient (Wildman–Crippen LogP) is 2.52. The number of alkyl halides is 2. The van der Waals surface area contributed by atoms with Crippen LogP contribution >= 0.6 is 0 Å². The number of carbonyl (C=O) groups is 2. The maximum absolute atomic E-state index is 15.0. The molecule has 2 atom stereocenters. The number of allylic oxidation sites excluding steroid dienone is 3. The van der Waals surface area contributed by atoms with Crippen LogP contribution in [-0.4, -0.2) is 81.0 Å². The molecule has 2 N–H and O–H groups in total. The van der Waals surface area contributed by atoms with Crippen molar-refractivity contribution in [2.45, 2.75) is 18.1 Å². The average Bonchev–Trinajstić information content (AvgIpc) is 3.60. The third-order valence-electron chi connectivity index (χ3n) is 6.38. The van der Waals surface area contributed by atoms with E-state index in [-0.39, 0.29) is 18.8 Å². The monoisotopic (exact) mass is 524 g/mol. The van der Waals surface area contributed by atoms with Gasteiger partial charge in [-0.25, -0.2) is 13.6 Å². The van der Waals surface area contributed by atoms with E-state index in [4.69, 9.17) is 14.2 Å². The lowest BCUT2D eigenvalue weighted by molar-refractivity contribution is -0.132. The molecule has 1 spiro atoms. The molecule has 0 saturated carbocycles. The van der Waals surface area contributed by atoms with Crippen LogP contribution in [0.25, 0.3) is 0 Å². The smallest absolute Gasteiger partial charge is 0.414 e. The summed E-state index contributed by atoms with van der Waals surface area (Å²) in [4.78, 5) is 26.3. The molecule has 3 aliphatic heterocycles. The van der Waals surface area contributed by atoms with Crippen molar-refractivity contribution in [1.29, 1.82) is 0 Å². The number of halogens is 4. The van der Waals surface area contributed by atoms with Crippen molar-refractivity contribution < 1.29 is 41.4 Å². The molecule has 3 heterocycles. The molecule has 3 fully saturated rings. The van der Waals surface area contributed by atoms with E-state index in [1.165, 1.54) is 0 Å². The van der Waals surface area contributed by atoms with Crippen molar-refractivity contribution in [2.24, 2.45) is 0 Å². The fraction of sp³-hybridized carbons (Fsp3) is 0.417. The highest BCUT2D eigenvalue weighted by atomic mass is 19.3. The van der Waals surface area contributed by atoms with Crippen molar-refractivity contribution in [2.75, 3.05) is 56.2 Å². The number of amides is 2. The van der Waals surface area contributed by atoms with Crippen LogP contribution in [0.2, 0.25) is 0 Å². The SMILES string of the molecule is O=C(NC[C@H]1CN(c2cc(F)c(NC3=CC=C(N4CCOCC4)C4(C=C3)CO4)c(F)c2)C(=O)O1)C(F)F. The molecule has 0 radical (unpaired) electrons. The van der Waals surface area contributed by atoms with Crippen molar-refractivity contribution in [3.8, 4) is 0 Å². The van der Waals surface area contributed by atoms with E-state index in [1.54, 1.807) is 12.2 Å². The molecule has 3 saturated heterocycles. The molecule has 1 aromatic rings. The van der Waals surface area contributed by atoms with Gasteiger partial charge in [-0.05, 0) is 24.3 Å². The van der Waals surface area contributed by atoms with E-state index in [2.05, 4.69) is 10.2 Å². The summed E-state index contributed by atoms with van der Waals surface area (Å²) >= 11 is 0. The number of carbonyl (C=O) groups excluding carboxylic acids is 2. The first-order valence-electron chi connectivity index (χ1n) is 11.6. The zero-order valence-corrected chi connectivity index (χ0v) is 19.5. The largest absolute Gasteiger partial charge is 0.442 e. The Hall–Kier alpha value is -3.58. The van der Waals surface area contributed by atoms with E-state index in [1.807, 2.05) is 17.5 Å². The molecular weight excluding hydrogens is 500 g/mol. The Balaban J connectivity index is 1.29. The summed E-state index contributed by atoms with van der Waals surface area (Å²) in [6.45, 7) is 2.59. The highest BCUT2D eigenvalue weighted by Crippen LogP contribution is 2.40. The lowest BCUT2D eigenvalue weighted by Gasteiger charge is -2.32. The molecule has 1 unspecified atom stereocenters. The van der Waals surface area contributed by atoms with Crippen LogP contribution < -0.4 is 15.5 Å². The predicted molar refractivity (Wildman–Crippen MR) is 123 cm³/mol. The number of hydrogen-bond acceptors (Lipinski definition) is 7. The minimum atomic E-state index is -3.21. The van der Waals surface area contributed by atoms with E-state index in [0.717, 1.165) is 22.7 Å². The van der Waals surface area contributed by atoms with Gasteiger partial charge in [0.25, 0.3) is 5.91 Å². The molecule has 13 heteroatoms. The minimum absolute atomic E-state index is 0.113. The van der Waals surface area contributed by atoms with Gasteiger partial charge in [0.2, 0.25) is 0 Å². The Morgan fingerprint density at radius 3 is 2.51 bits per heavy atom. The quantitative estimate of drug-likeness (QED) is 0.418. The van der Waals surface area contributed by atoms with Gasteiger partial charge in [0.1, 0.15) is 17.4 Å². The van der Waals surface area contributed by atoms with Crippen LogP contribution in [0.5, 0.6) is 0 Å². The molecular formula is C24H24F4N4O5. The standard InChI is InChI=1S/C24H24F4N4O5/c25-17-9-15(32-12-16(37-23(32)34)11-29-22(33)21(27)28)10-18(26)20(17)30-14-1-2-19(24(4-3-14)13-36-24)31-5-7-35-8-6-31/h1-4,9-10,16,21,30H,5-8,11-13H2,(H,29,33)/t16-,24?/m0/s1. The number of nitrogens with one attached hydrogen (secondary N) is 2. The molecule has 4 aliphatic rings. The van der Waals surface area contributed by atoms with Crippen molar-refractivity contribution in [1.82, 2.24) is 10.2 Å². The molecule has 0 aromatic heterocycles. The van der Waals surface area contributed by atoms with Gasteiger partial charge in [-0.3, -0.25) is 9.69 Å². The van der Waals surface area contributed by atoms with Crippen LogP contribution in [0, 0.1) is 11.6 Å². The van der Waals surface area contributed by atoms with Crippen LogP contribution in [0.3, 0.4) is 0 Å². The summed E-state index contributed by atoms with van der Waals surface area (Å²) in [7, 11) is 0. The van der Waals surface area contributed by atoms with E-state index < -0.39 is 47.5 Å². The molecule has 2 amide bonds. The summed E-state index contributed by atoms with van der Waals surface area (Å²) in [5.74, 6) is -3.41. The van der Waals surface area contributed by atoms with Gasteiger partial charge in [-0.2, -0.15) is 8.78 Å². The topological polar surface area (TPSA) is 95.7 Å². The van der Waals surface area contributed by atoms with E-state index in [0.29, 0.717) is 38.6 Å². The minimum Gasteiger partial charge on any atom is -0.442 e. The Kier molecular flexibility index (Phi) is 6.82. The van der Waals surface area contributed by atoms with Crippen molar-refractivity contribution in [3.05, 3.63) is 59.5 Å². The number of ether oxygens (including phenoxy) is 3. The lowest BCUT2D eigenvalue weighted by Crippen LogP contribution is -2.39. The third kappa shape index (κ3) is 5.27. The number of morpholine rings is 1. The van der Waals surface area contributed by atoms with Gasteiger partial charge in [0.05, 0.1) is 44.3 Å². The second kappa shape index (κ2) is 10.1. The van der Waals surface area contributed by atoms with Crippen LogP contribution in [0.4, 0.5) is 33.7 Å². The number of benzene rings is 1. The third-order valence-corrected chi connectivity index (χ3v) is 6.38. The number of anilines is 2. The Morgan fingerprint density at radius 1 is 1.16 bits per heavy atom. The molecule has 1 aromatic carbocycles. The average molecular weight is 524 g/mol. The Labute approximate surface area is 209 Å². The molecule has 5 rings (SSSR count). The fourth-order valence-corrected chi connectivity index (χ4v) is 4.37. The Bertz CT molecular complexity index is 1150. The first-order valence-corrected chi connectivity index (χ1v) is 11.6. The van der Waals surface area contributed by atoms with E-state index in [9.17, 15) is 27.2 Å². The van der Waals surface area contributed by atoms with Gasteiger partial charge in [-0.1, -0.05) is 0 Å². The van der Waals surface area contributed by atoms with Crippen LogP contribution in [0.1, 0.15) is 0 Å². The molecule has 198 valence electrons. The molecule has 9 nitrogen and oxygen atoms in total. The maximum Gasteiger partial charge on any atom is 0.414 e. The highest BCUT2D eigenvalue weighted by Gasteiger charge is 2.48. The van der Waals surface area contributed by atoms with Gasteiger partial charge < -0.3 is 29.7 Å². The number of epoxide rings is 1. The molecule has 0 bridgehead atoms. The van der Waals surface area contributed by atoms with Crippen molar-refractivity contribution >= 4 is 23.4 Å². The van der Waals surface area contributed by atoms with Gasteiger partial charge in [-0.15, -0.1) is 0 Å². The first kappa shape index (κ1) is 25.1. The van der Waals surface area contributed by atoms with Gasteiger partial charge in [0, 0.05) is 30.9 Å². The number of cyclic esters (lactones) is 1. The summed E-state index contributed by atoms with van der Waals surface area (Å²) in [5, 5.41) is 4.70. The second-order valence-electron chi connectivity index (χ2n) is 8.86. The number of rotatable bonds is 7. The maximum atomic E-state index is 15.0. The lowest BCUT2D eigenvalue weighted by atomic mass is 10.0. The number of nitrogens with zero attached hydrogens (tertiary/aromatic N) is 2. The van der Waals surface area contributed by atoms with Crippen molar-refractivity contribution in [3.63, 3.8) is 0 Å². The zero-order valence-electron chi connectivity index (χ0n) is 19.5. The molecule has 37 heavy (non-hydrogen) atoms. The first-order chi connectivity index (χ1) is 17.8. The molecule has 1 aliphatic carbocycles. The number of hydrogen-bond donors (Lipinski definition) is 2. The fourth-order valence-electron chi connectivity index (χ4n) is 4.37. The van der Waals surface area contributed by atoms with Crippen LogP contribution in [-0.2, 0) is 19.0 Å². The van der Waals surface area contributed by atoms with Gasteiger partial charge in [0.15, 0.2) is 11.6 Å². The highest BCUT2D eigenvalue weighted by molar-refractivity contribution is 5.90. The summed E-state index contributed by atoms with van der Waals surface area (Å²) in [6.07, 6.45) is 2.03. The van der Waals surface area contributed by atoms with Crippen LogP contribution in [0.15, 0.2) is 47.8 Å². The normalized spacial score (nSPS) is 25.1. The summed E-state index contributed by atoms with van der Waals surface area (Å²) < 4.78 is 70.8. The summed E-state index contributed by atoms with van der Waals surface area (Å²) in [6, 6.07) is 1.93. The summed E-state index contributed by atoms with van der Waals surface area (Å²) in [5.41, 5.74) is 0.283. The van der Waals surface area contributed by atoms with E-state index >= 15 is 0 Å². The second-order valence-corrected chi connectivity index (χ2v) is 8.86. The Morgan fingerprint density at radius 2 is 1.86 bits per heavy atom.